The molecule has 1 aliphatic rings. The number of carboxylic acid groups (broad SMARTS) is 1. The SMILES string of the molecule is O=C(O)/C=C/C(=O)N1N=C(c2ccccc2)CC1c1ccco1. The van der Waals surface area contributed by atoms with Crippen LogP contribution in [-0.4, -0.2) is 27.7 Å². The number of aliphatic carboxylic acids is 1. The summed E-state index contributed by atoms with van der Waals surface area (Å²) < 4.78 is 5.40. The molecule has 0 aliphatic carbocycles. The summed E-state index contributed by atoms with van der Waals surface area (Å²) in [6.45, 7) is 0. The minimum Gasteiger partial charge on any atom is -0.478 e. The fourth-order valence-electron chi connectivity index (χ4n) is 2.44. The Morgan fingerprint density at radius 1 is 1.17 bits per heavy atom. The van der Waals surface area contributed by atoms with Crippen molar-refractivity contribution in [3.63, 3.8) is 0 Å². The summed E-state index contributed by atoms with van der Waals surface area (Å²) in [6, 6.07) is 12.7. The molecule has 2 aromatic rings. The van der Waals surface area contributed by atoms with Crippen molar-refractivity contribution in [1.29, 1.82) is 0 Å². The van der Waals surface area contributed by atoms with Crippen molar-refractivity contribution in [3.05, 3.63) is 72.2 Å². The topological polar surface area (TPSA) is 83.1 Å². The predicted molar refractivity (Wildman–Crippen MR) is 82.7 cm³/mol. The molecule has 0 bridgehead atoms. The molecule has 1 aromatic carbocycles. The first kappa shape index (κ1) is 14.8. The van der Waals surface area contributed by atoms with Crippen LogP contribution in [0.25, 0.3) is 0 Å². The van der Waals surface area contributed by atoms with E-state index in [9.17, 15) is 9.59 Å². The van der Waals surface area contributed by atoms with E-state index in [4.69, 9.17) is 9.52 Å². The first-order valence-corrected chi connectivity index (χ1v) is 7.05. The second-order valence-electron chi connectivity index (χ2n) is 5.00. The number of carboxylic acids is 1. The molecule has 1 aromatic heterocycles. The summed E-state index contributed by atoms with van der Waals surface area (Å²) in [4.78, 5) is 22.9. The number of furan rings is 1. The van der Waals surface area contributed by atoms with Crippen LogP contribution >= 0.6 is 0 Å². The zero-order chi connectivity index (χ0) is 16.2. The molecule has 0 fully saturated rings. The van der Waals surface area contributed by atoms with Crippen LogP contribution in [-0.2, 0) is 9.59 Å². The van der Waals surface area contributed by atoms with E-state index in [0.29, 0.717) is 12.2 Å². The molecule has 6 heteroatoms. The zero-order valence-corrected chi connectivity index (χ0v) is 12.1. The third kappa shape index (κ3) is 3.21. The largest absolute Gasteiger partial charge is 0.478 e. The van der Waals surface area contributed by atoms with Crippen molar-refractivity contribution in [2.24, 2.45) is 5.10 Å². The van der Waals surface area contributed by atoms with Crippen molar-refractivity contribution in [2.75, 3.05) is 0 Å². The number of hydrogen-bond donors (Lipinski definition) is 1. The first-order chi connectivity index (χ1) is 11.1. The third-order valence-corrected chi connectivity index (χ3v) is 3.48. The molecule has 2 heterocycles. The molecule has 116 valence electrons. The van der Waals surface area contributed by atoms with Gasteiger partial charge in [0.1, 0.15) is 11.8 Å². The van der Waals surface area contributed by atoms with Gasteiger partial charge in [0.25, 0.3) is 5.91 Å². The number of rotatable bonds is 4. The Kier molecular flexibility index (Phi) is 4.05. The van der Waals surface area contributed by atoms with E-state index in [1.54, 1.807) is 12.1 Å². The Hall–Kier alpha value is -3.15. The number of hydrazone groups is 1. The Balaban J connectivity index is 1.92. The molecule has 0 spiro atoms. The number of nitrogens with zero attached hydrogens (tertiary/aromatic N) is 2. The molecule has 6 nitrogen and oxygen atoms in total. The molecule has 1 amide bonds. The van der Waals surface area contributed by atoms with Crippen LogP contribution in [0.3, 0.4) is 0 Å². The molecule has 3 rings (SSSR count). The van der Waals surface area contributed by atoms with E-state index < -0.39 is 11.9 Å². The highest BCUT2D eigenvalue weighted by Crippen LogP contribution is 2.33. The van der Waals surface area contributed by atoms with Gasteiger partial charge >= 0.3 is 5.97 Å². The molecule has 1 aliphatic heterocycles. The van der Waals surface area contributed by atoms with Crippen LogP contribution in [0.4, 0.5) is 0 Å². The second-order valence-corrected chi connectivity index (χ2v) is 5.00. The smallest absolute Gasteiger partial charge is 0.328 e. The highest BCUT2D eigenvalue weighted by atomic mass is 16.4. The minimum absolute atomic E-state index is 0.383. The van der Waals surface area contributed by atoms with Gasteiger partial charge < -0.3 is 9.52 Å². The quantitative estimate of drug-likeness (QED) is 0.880. The molecule has 0 radical (unpaired) electrons. The van der Waals surface area contributed by atoms with Crippen molar-refractivity contribution >= 4 is 17.6 Å². The fraction of sp³-hybridized carbons (Fsp3) is 0.118. The lowest BCUT2D eigenvalue weighted by Crippen LogP contribution is -2.25. The molecular weight excluding hydrogens is 296 g/mol. The van der Waals surface area contributed by atoms with Crippen LogP contribution in [0.5, 0.6) is 0 Å². The Morgan fingerprint density at radius 2 is 1.96 bits per heavy atom. The molecule has 23 heavy (non-hydrogen) atoms. The summed E-state index contributed by atoms with van der Waals surface area (Å²) in [5.41, 5.74) is 1.67. The second kappa shape index (κ2) is 6.31. The minimum atomic E-state index is -1.18. The summed E-state index contributed by atoms with van der Waals surface area (Å²) >= 11 is 0. The maximum atomic E-state index is 12.3. The van der Waals surface area contributed by atoms with Gasteiger partial charge in [0.2, 0.25) is 0 Å². The van der Waals surface area contributed by atoms with E-state index in [1.165, 1.54) is 11.3 Å². The lowest BCUT2D eigenvalue weighted by molar-refractivity contribution is -0.132. The highest BCUT2D eigenvalue weighted by molar-refractivity contribution is 6.04. The number of hydrogen-bond acceptors (Lipinski definition) is 4. The van der Waals surface area contributed by atoms with E-state index >= 15 is 0 Å². The van der Waals surface area contributed by atoms with Crippen molar-refractivity contribution in [2.45, 2.75) is 12.5 Å². The van der Waals surface area contributed by atoms with Gasteiger partial charge in [-0.3, -0.25) is 4.79 Å². The van der Waals surface area contributed by atoms with Gasteiger partial charge in [-0.2, -0.15) is 5.10 Å². The normalized spacial score (nSPS) is 17.5. The first-order valence-electron chi connectivity index (χ1n) is 7.05. The standard InChI is InChI=1S/C17H14N2O4/c20-16(8-9-17(21)22)19-14(15-7-4-10-23-15)11-13(18-19)12-5-2-1-3-6-12/h1-10,14H,11H2,(H,21,22)/b9-8+. The fourth-order valence-corrected chi connectivity index (χ4v) is 2.44. The monoisotopic (exact) mass is 310 g/mol. The van der Waals surface area contributed by atoms with Gasteiger partial charge in [-0.15, -0.1) is 0 Å². The Morgan fingerprint density at radius 3 is 2.61 bits per heavy atom. The van der Waals surface area contributed by atoms with Gasteiger partial charge in [0.15, 0.2) is 0 Å². The van der Waals surface area contributed by atoms with Crippen LogP contribution in [0, 0.1) is 0 Å². The summed E-state index contributed by atoms with van der Waals surface area (Å²) in [5.74, 6) is -1.07. The number of carbonyl (C=O) groups excluding carboxylic acids is 1. The number of benzene rings is 1. The van der Waals surface area contributed by atoms with E-state index in [2.05, 4.69) is 5.10 Å². The van der Waals surface area contributed by atoms with Crippen molar-refractivity contribution in [3.8, 4) is 0 Å². The van der Waals surface area contributed by atoms with E-state index in [0.717, 1.165) is 23.4 Å². The van der Waals surface area contributed by atoms with Crippen LogP contribution < -0.4 is 0 Å². The van der Waals surface area contributed by atoms with Crippen molar-refractivity contribution in [1.82, 2.24) is 5.01 Å². The molecule has 1 N–H and O–H groups in total. The average Bonchev–Trinajstić information content (AvgIpc) is 3.22. The summed E-state index contributed by atoms with van der Waals surface area (Å²) in [6.07, 6.45) is 3.84. The van der Waals surface area contributed by atoms with Crippen molar-refractivity contribution < 1.29 is 19.1 Å². The van der Waals surface area contributed by atoms with Crippen LogP contribution in [0.1, 0.15) is 23.8 Å². The van der Waals surface area contributed by atoms with Gasteiger partial charge in [-0.05, 0) is 17.7 Å². The molecule has 0 saturated heterocycles. The van der Waals surface area contributed by atoms with Crippen LogP contribution in [0.2, 0.25) is 0 Å². The van der Waals surface area contributed by atoms with Gasteiger partial charge in [-0.25, -0.2) is 9.80 Å². The van der Waals surface area contributed by atoms with Gasteiger partial charge in [0.05, 0.1) is 12.0 Å². The number of amides is 1. The Labute approximate surface area is 132 Å². The molecule has 0 saturated carbocycles. The molecular formula is C17H14N2O4. The maximum Gasteiger partial charge on any atom is 0.328 e. The van der Waals surface area contributed by atoms with Gasteiger partial charge in [0, 0.05) is 18.6 Å². The van der Waals surface area contributed by atoms with Crippen LogP contribution in [0.15, 0.2) is 70.4 Å². The predicted octanol–water partition coefficient (Wildman–Crippen LogP) is 2.60. The van der Waals surface area contributed by atoms with E-state index in [-0.39, 0.29) is 6.04 Å². The molecule has 1 unspecified atom stereocenters. The number of carbonyl (C=O) groups is 2. The lowest BCUT2D eigenvalue weighted by atomic mass is 10.0. The Bertz CT molecular complexity index is 763. The lowest BCUT2D eigenvalue weighted by Gasteiger charge is -2.17. The third-order valence-electron chi connectivity index (χ3n) is 3.48. The maximum absolute atomic E-state index is 12.3. The summed E-state index contributed by atoms with van der Waals surface area (Å²) in [7, 11) is 0. The van der Waals surface area contributed by atoms with Gasteiger partial charge in [-0.1, -0.05) is 30.3 Å². The molecule has 1 atom stereocenters. The summed E-state index contributed by atoms with van der Waals surface area (Å²) in [5, 5.41) is 14.3. The zero-order valence-electron chi connectivity index (χ0n) is 12.1. The van der Waals surface area contributed by atoms with E-state index in [1.807, 2.05) is 30.3 Å². The highest BCUT2D eigenvalue weighted by Gasteiger charge is 2.33. The average molecular weight is 310 g/mol.